The molecule has 4 aliphatic rings. The average molecular weight is 1390 g/mol. The summed E-state index contributed by atoms with van der Waals surface area (Å²) >= 11 is 7.31. The highest BCUT2D eigenvalue weighted by Gasteiger charge is 2.37. The van der Waals surface area contributed by atoms with Gasteiger partial charge in [0.05, 0.1) is 42.2 Å². The molecule has 3 aliphatic heterocycles. The molecule has 12 rings (SSSR count). The summed E-state index contributed by atoms with van der Waals surface area (Å²) < 4.78 is 5.47. The zero-order valence-electron chi connectivity index (χ0n) is 52.1. The van der Waals surface area contributed by atoms with E-state index in [-0.39, 0.29) is 59.7 Å². The lowest BCUT2D eigenvalue weighted by atomic mass is 9.81. The number of ether oxygens (including phenoxy) is 1. The normalized spacial score (nSPS) is 20.6. The number of aryl methyl sites for hydroxylation is 1. The van der Waals surface area contributed by atoms with Gasteiger partial charge in [-0.15, -0.1) is 68.0 Å². The summed E-state index contributed by atoms with van der Waals surface area (Å²) in [5.74, 6) is -3.05. The van der Waals surface area contributed by atoms with Crippen LogP contribution in [0, 0.1) is 24.7 Å². The molecule has 8 aromatic rings. The maximum absolute atomic E-state index is 14.4. The standard InChI is InChI=1S/C63H70N16O9S6/c1-32(2)47-62-76-50(43(94-62)27-88-5)55(85)65-26-46(81)73-51(52(82)34-11-7-6-8-12-34)61-70-42(30-91-61)59-68-40(28-90-59)49-37(57-69-41(29-89-57)54(84)67-39(25-45(80)64-4)60-75-48(33(3)93-60)56(86)74-47)17-18-38(66-49)58-72-44(31-92-58)71-53(83)35-13-15-36(16-14-35)63(87)77-21-23-79(24-22-77)78-19-9-10-20-78/h6-8,11-12,17-18,28-32,35-36,39,47,51-52,82H,9-10,13-16,19-27H2,1-5H3,(H,64,80)(H,65,85)(H,67,84)(H,71,83)(H,73,81)(H,74,86)/t35?,36?,39-,47-,51-,52-/m0/s1. The second-order valence-electron chi connectivity index (χ2n) is 23.7. The Labute approximate surface area is 565 Å². The third-order valence-corrected chi connectivity index (χ3v) is 22.7. The topological polar surface area (TPSA) is 321 Å². The smallest absolute Gasteiger partial charge is 0.271 e. The molecule has 0 spiro atoms. The van der Waals surface area contributed by atoms with Crippen LogP contribution in [-0.4, -0.2) is 156 Å². The van der Waals surface area contributed by atoms with Gasteiger partial charge in [-0.25, -0.2) is 44.9 Å². The van der Waals surface area contributed by atoms with Gasteiger partial charge in [-0.2, -0.15) is 0 Å². The van der Waals surface area contributed by atoms with Crippen LogP contribution in [0.3, 0.4) is 0 Å². The van der Waals surface area contributed by atoms with Crippen LogP contribution in [0.1, 0.15) is 145 Å². The van der Waals surface area contributed by atoms with Crippen molar-refractivity contribution in [2.45, 2.75) is 96.6 Å². The zero-order chi connectivity index (χ0) is 65.7. The number of rotatable bonds is 12. The van der Waals surface area contributed by atoms with Crippen LogP contribution in [0.5, 0.6) is 0 Å². The highest BCUT2D eigenvalue weighted by Crippen LogP contribution is 2.41. The fraction of sp³-hybridized carbons (Fsp3) is 0.429. The number of piperazine rings is 1. The van der Waals surface area contributed by atoms with Crippen molar-refractivity contribution in [1.82, 2.24) is 76.4 Å². The molecule has 2 saturated heterocycles. The van der Waals surface area contributed by atoms with Gasteiger partial charge in [0.25, 0.3) is 17.7 Å². The largest absolute Gasteiger partial charge is 0.386 e. The summed E-state index contributed by atoms with van der Waals surface area (Å²) in [6, 6.07) is 9.64. The molecule has 1 aliphatic carbocycles. The Kier molecular flexibility index (Phi) is 20.8. The lowest BCUT2D eigenvalue weighted by molar-refractivity contribution is -0.142. The predicted molar refractivity (Wildman–Crippen MR) is 360 cm³/mol. The molecule has 25 nitrogen and oxygen atoms in total. The van der Waals surface area contributed by atoms with Crippen LogP contribution in [0.4, 0.5) is 5.82 Å². The minimum absolute atomic E-state index is 0.00279. The van der Waals surface area contributed by atoms with E-state index in [1.54, 1.807) is 53.4 Å². The van der Waals surface area contributed by atoms with Crippen LogP contribution < -0.4 is 31.9 Å². The van der Waals surface area contributed by atoms with Gasteiger partial charge in [-0.05, 0) is 69.1 Å². The van der Waals surface area contributed by atoms with Crippen molar-refractivity contribution in [1.29, 1.82) is 0 Å². The van der Waals surface area contributed by atoms with E-state index in [0.29, 0.717) is 105 Å². The molecule has 1 saturated carbocycles. The van der Waals surface area contributed by atoms with E-state index in [1.165, 1.54) is 83.7 Å². The van der Waals surface area contributed by atoms with Crippen molar-refractivity contribution in [2.24, 2.45) is 17.8 Å². The SMILES string of the molecule is CNC(=O)C[C@@H]1NC(=O)c2csc(n2)-c2ccc(-c3nc(NC(=O)C4CCC(C(=O)N5CCN(N6CCCC6)CC5)CC4)cs3)nc2-c2csc(n2)-c2csc(n2)[C@H]([C@@H](O)c2ccccc2)NC(=O)CNC(=O)c2nc(sc2COC)[C@H](C(C)C)NC(=O)c2nc1sc2C. The van der Waals surface area contributed by atoms with Gasteiger partial charge in [-0.1, -0.05) is 44.2 Å². The van der Waals surface area contributed by atoms with Crippen molar-refractivity contribution in [3.63, 3.8) is 0 Å². The third kappa shape index (κ3) is 14.9. The zero-order valence-corrected chi connectivity index (χ0v) is 57.0. The first-order valence-electron chi connectivity index (χ1n) is 31.0. The molecule has 94 heavy (non-hydrogen) atoms. The van der Waals surface area contributed by atoms with Gasteiger partial charge in [0.15, 0.2) is 0 Å². The molecule has 7 amide bonds. The number of nitrogens with zero attached hydrogens (tertiary/aromatic N) is 10. The number of aliphatic hydroxyl groups excluding tert-OH is 1. The first kappa shape index (κ1) is 66.3. The molecular weight excluding hydrogens is 1320 g/mol. The second kappa shape index (κ2) is 29.5. The van der Waals surface area contributed by atoms with E-state index in [4.69, 9.17) is 39.6 Å². The molecule has 3 fully saturated rings. The quantitative estimate of drug-likeness (QED) is 0.0606. The van der Waals surface area contributed by atoms with E-state index in [9.17, 15) is 38.7 Å². The highest BCUT2D eigenvalue weighted by atomic mass is 32.1. The average Bonchev–Trinajstić information content (AvgIpc) is 1.64. The van der Waals surface area contributed by atoms with Crippen molar-refractivity contribution < 1.29 is 43.4 Å². The first-order valence-corrected chi connectivity index (χ1v) is 36.2. The van der Waals surface area contributed by atoms with Gasteiger partial charge in [-0.3, -0.25) is 33.6 Å². The molecule has 492 valence electrons. The van der Waals surface area contributed by atoms with Crippen LogP contribution in [0.15, 0.2) is 64.0 Å². The minimum Gasteiger partial charge on any atom is -0.386 e. The molecule has 4 atom stereocenters. The van der Waals surface area contributed by atoms with Crippen molar-refractivity contribution in [3.8, 4) is 43.4 Å². The van der Waals surface area contributed by atoms with Crippen LogP contribution in [0.2, 0.25) is 0 Å². The number of aromatic nitrogens is 7. The molecular formula is C63H70N16O9S6. The van der Waals surface area contributed by atoms with Crippen molar-refractivity contribution >= 4 is 115 Å². The number of fused-ring (bicyclic) bond motifs is 14. The molecule has 1 aromatic carbocycles. The number of pyridine rings is 1. The lowest BCUT2D eigenvalue weighted by Crippen LogP contribution is -2.55. The summed E-state index contributed by atoms with van der Waals surface area (Å²) in [4.78, 5) is 135. The van der Waals surface area contributed by atoms with E-state index < -0.39 is 60.3 Å². The monoisotopic (exact) mass is 1390 g/mol. The van der Waals surface area contributed by atoms with E-state index in [1.807, 2.05) is 36.3 Å². The van der Waals surface area contributed by atoms with E-state index >= 15 is 0 Å². The molecule has 7 aromatic heterocycles. The third-order valence-electron chi connectivity index (χ3n) is 17.0. The number of methoxy groups -OCH3 is 1. The molecule has 10 bridgehead atoms. The van der Waals surface area contributed by atoms with E-state index in [2.05, 4.69) is 41.9 Å². The second-order valence-corrected chi connectivity index (χ2v) is 29.5. The maximum Gasteiger partial charge on any atom is 0.271 e. The van der Waals surface area contributed by atoms with E-state index in [0.717, 1.165) is 50.6 Å². The Morgan fingerprint density at radius 2 is 1.33 bits per heavy atom. The number of nitrogens with one attached hydrogen (secondary N) is 6. The molecule has 7 N–H and O–H groups in total. The number of carbonyl (C=O) groups excluding carboxylic acids is 7. The highest BCUT2D eigenvalue weighted by molar-refractivity contribution is 7.15. The number of thiazole rings is 6. The predicted octanol–water partition coefficient (Wildman–Crippen LogP) is 8.21. The number of carbonyl (C=O) groups is 7. The summed E-state index contributed by atoms with van der Waals surface area (Å²) in [5.41, 5.74) is 2.86. The van der Waals surface area contributed by atoms with Gasteiger partial charge in [0, 0.05) is 97.2 Å². The molecule has 0 radical (unpaired) electrons. The number of hydrogen-bond acceptors (Lipinski definition) is 24. The van der Waals surface area contributed by atoms with Crippen LogP contribution >= 0.6 is 68.0 Å². The fourth-order valence-corrected chi connectivity index (χ4v) is 17.4. The van der Waals surface area contributed by atoms with Gasteiger partial charge >= 0.3 is 0 Å². The fourth-order valence-electron chi connectivity index (χ4n) is 11.9. The molecule has 0 unspecified atom stereocenters. The van der Waals surface area contributed by atoms with Crippen molar-refractivity contribution in [2.75, 3.05) is 65.3 Å². The number of hydrogen-bond donors (Lipinski definition) is 7. The van der Waals surface area contributed by atoms with Gasteiger partial charge in [0.1, 0.15) is 82.2 Å². The minimum atomic E-state index is -1.27. The van der Waals surface area contributed by atoms with Gasteiger partial charge < -0.3 is 46.6 Å². The summed E-state index contributed by atoms with van der Waals surface area (Å²) in [6.45, 7) is 10.3. The van der Waals surface area contributed by atoms with Crippen molar-refractivity contribution in [3.05, 3.63) is 111 Å². The Morgan fingerprint density at radius 1 is 0.649 bits per heavy atom. The Balaban J connectivity index is 0.842. The Hall–Kier alpha value is -7.72. The summed E-state index contributed by atoms with van der Waals surface area (Å²) in [5, 5.41) is 43.4. The van der Waals surface area contributed by atoms with Gasteiger partial charge in [0.2, 0.25) is 23.6 Å². The lowest BCUT2D eigenvalue weighted by Gasteiger charge is -2.41. The summed E-state index contributed by atoms with van der Waals surface area (Å²) in [6.07, 6.45) is 3.43. The Morgan fingerprint density at radius 3 is 2.07 bits per heavy atom. The Bertz CT molecular complexity index is 4080. The molecule has 31 heteroatoms. The molecule has 10 heterocycles. The maximum atomic E-state index is 14.4. The van der Waals surface area contributed by atoms with Crippen LogP contribution in [0.25, 0.3) is 43.4 Å². The number of amides is 7. The number of hydrazine groups is 1. The first-order chi connectivity index (χ1) is 45.5. The summed E-state index contributed by atoms with van der Waals surface area (Å²) in [7, 11) is 2.96. The number of aliphatic hydroxyl groups is 1. The number of benzene rings is 1. The van der Waals surface area contributed by atoms with Crippen LogP contribution in [-0.2, 0) is 30.5 Å². The number of anilines is 1.